The molecule has 1 fully saturated rings. The number of oxime groups is 1. The molecule has 0 aliphatic carbocycles. The number of ether oxygens (including phenoxy) is 1. The molecule has 0 bridgehead atoms. The first-order valence-corrected chi connectivity index (χ1v) is 12.5. The molecule has 1 atom stereocenters. The molecule has 1 aliphatic rings. The summed E-state index contributed by atoms with van der Waals surface area (Å²) in [4.78, 5) is 19.1. The fourth-order valence-corrected chi connectivity index (χ4v) is 4.25. The molecule has 0 radical (unpaired) electrons. The highest BCUT2D eigenvalue weighted by molar-refractivity contribution is 9.10. The van der Waals surface area contributed by atoms with Crippen LogP contribution in [0.4, 0.5) is 0 Å². The summed E-state index contributed by atoms with van der Waals surface area (Å²) in [5, 5.41) is 13.3. The van der Waals surface area contributed by atoms with E-state index in [1.165, 1.54) is 17.7 Å². The molecule has 0 aromatic heterocycles. The van der Waals surface area contributed by atoms with E-state index >= 15 is 0 Å². The van der Waals surface area contributed by atoms with Crippen LogP contribution in [-0.4, -0.2) is 35.3 Å². The number of carboxylic acids is 1. The van der Waals surface area contributed by atoms with E-state index in [-0.39, 0.29) is 24.1 Å². The van der Waals surface area contributed by atoms with Crippen LogP contribution in [0.3, 0.4) is 0 Å². The van der Waals surface area contributed by atoms with Crippen LogP contribution in [0.15, 0.2) is 82.4 Å². The Labute approximate surface area is 226 Å². The average molecular weight is 574 g/mol. The summed E-state index contributed by atoms with van der Waals surface area (Å²) >= 11 is 3.45. The van der Waals surface area contributed by atoms with Gasteiger partial charge in [-0.05, 0) is 98.4 Å². The third-order valence-corrected chi connectivity index (χ3v) is 6.66. The van der Waals surface area contributed by atoms with Gasteiger partial charge in [-0.3, -0.25) is 4.90 Å². The number of hydrogen-bond acceptors (Lipinski definition) is 5. The highest BCUT2D eigenvalue weighted by Crippen LogP contribution is 2.24. The third kappa shape index (κ3) is 8.08. The number of hydrogen-bond donors (Lipinski definition) is 1. The van der Waals surface area contributed by atoms with Crippen LogP contribution in [-0.2, 0) is 11.4 Å². The second kappa shape index (κ2) is 13.4. The molecule has 0 spiro atoms. The van der Waals surface area contributed by atoms with Crippen LogP contribution in [0.2, 0.25) is 0 Å². The highest BCUT2D eigenvalue weighted by Gasteiger charge is 2.18. The normalized spacial score (nSPS) is 15.3. The van der Waals surface area contributed by atoms with E-state index in [0.29, 0.717) is 11.7 Å². The summed E-state index contributed by atoms with van der Waals surface area (Å²) in [5.41, 5.74) is 2.58. The van der Waals surface area contributed by atoms with E-state index in [0.717, 1.165) is 48.3 Å². The molecule has 1 saturated heterocycles. The van der Waals surface area contributed by atoms with Crippen molar-refractivity contribution in [3.05, 3.63) is 94.0 Å². The lowest BCUT2D eigenvalue weighted by atomic mass is 9.98. The fraction of sp³-hybridized carbons (Fsp3) is 0.286. The van der Waals surface area contributed by atoms with Gasteiger partial charge in [-0.2, -0.15) is 0 Å². The second-order valence-electron chi connectivity index (χ2n) is 8.74. The predicted octanol–water partition coefficient (Wildman–Crippen LogP) is 7.34. The number of benzene rings is 3. The first-order valence-electron chi connectivity index (χ1n) is 11.7. The minimum absolute atomic E-state index is 0. The largest absolute Gasteiger partial charge is 0.478 e. The summed E-state index contributed by atoms with van der Waals surface area (Å²) in [5.74, 6) is 0.828. The van der Waals surface area contributed by atoms with Crippen molar-refractivity contribution < 1.29 is 19.5 Å². The Bertz CT molecular complexity index is 1130. The van der Waals surface area contributed by atoms with Crippen molar-refractivity contribution in [2.24, 2.45) is 11.1 Å². The molecular formula is C28H30BrClN2O4. The van der Waals surface area contributed by atoms with Crippen LogP contribution in [0.5, 0.6) is 11.5 Å². The Hall–Kier alpha value is -2.87. The highest BCUT2D eigenvalue weighted by atomic mass is 79.9. The number of carboxylic acid groups (broad SMARTS) is 1. The van der Waals surface area contributed by atoms with Crippen LogP contribution in [0, 0.1) is 5.92 Å². The lowest BCUT2D eigenvalue weighted by molar-refractivity contribution is 0.0696. The Morgan fingerprint density at radius 3 is 2.19 bits per heavy atom. The van der Waals surface area contributed by atoms with E-state index in [9.17, 15) is 4.79 Å². The lowest BCUT2D eigenvalue weighted by Gasteiger charge is -2.30. The molecule has 8 heteroatoms. The van der Waals surface area contributed by atoms with E-state index in [4.69, 9.17) is 14.7 Å². The zero-order valence-corrected chi connectivity index (χ0v) is 22.5. The van der Waals surface area contributed by atoms with Crippen molar-refractivity contribution in [2.45, 2.75) is 32.4 Å². The summed E-state index contributed by atoms with van der Waals surface area (Å²) in [6, 6.07) is 22.6. The molecule has 1 aliphatic heterocycles. The van der Waals surface area contributed by atoms with Gasteiger partial charge in [0.1, 0.15) is 17.6 Å². The topological polar surface area (TPSA) is 71.4 Å². The summed E-state index contributed by atoms with van der Waals surface area (Å²) in [6.45, 7) is 4.95. The van der Waals surface area contributed by atoms with Gasteiger partial charge in [0, 0.05) is 17.2 Å². The van der Waals surface area contributed by atoms with E-state index in [2.05, 4.69) is 38.1 Å². The second-order valence-corrected chi connectivity index (χ2v) is 9.66. The van der Waals surface area contributed by atoms with Crippen LogP contribution in [0.25, 0.3) is 0 Å². The van der Waals surface area contributed by atoms with Crippen molar-refractivity contribution in [1.29, 1.82) is 0 Å². The number of rotatable bonds is 9. The molecule has 0 amide bonds. The standard InChI is InChI=1S/C28H29BrN2O4.ClH/c1-20(23-4-8-25(29)9-5-23)35-30-18-21-14-16-31(17-15-21)19-22-2-10-26(11-3-22)34-27-12-6-24(7-13-27)28(32)33;/h2-13,18,20-21H,14-17,19H2,1H3,(H,32,33);1H/b30-18-;. The molecule has 6 nitrogen and oxygen atoms in total. The van der Waals surface area contributed by atoms with Gasteiger partial charge in [-0.15, -0.1) is 12.4 Å². The van der Waals surface area contributed by atoms with Crippen LogP contribution in [0.1, 0.15) is 47.4 Å². The number of aromatic carboxylic acids is 1. The van der Waals surface area contributed by atoms with Crippen LogP contribution >= 0.6 is 28.3 Å². The maximum absolute atomic E-state index is 11.0. The maximum Gasteiger partial charge on any atom is 0.335 e. The maximum atomic E-state index is 11.0. The number of piperidine rings is 1. The smallest absolute Gasteiger partial charge is 0.335 e. The summed E-state index contributed by atoms with van der Waals surface area (Å²) in [7, 11) is 0. The van der Waals surface area contributed by atoms with Crippen molar-refractivity contribution in [1.82, 2.24) is 4.90 Å². The van der Waals surface area contributed by atoms with Gasteiger partial charge in [0.15, 0.2) is 0 Å². The number of nitrogens with zero attached hydrogens (tertiary/aromatic N) is 2. The minimum Gasteiger partial charge on any atom is -0.478 e. The Morgan fingerprint density at radius 2 is 1.61 bits per heavy atom. The first-order chi connectivity index (χ1) is 17.0. The van der Waals surface area contributed by atoms with Gasteiger partial charge in [0.2, 0.25) is 0 Å². The first kappa shape index (κ1) is 27.7. The van der Waals surface area contributed by atoms with E-state index < -0.39 is 5.97 Å². The zero-order chi connectivity index (χ0) is 24.6. The monoisotopic (exact) mass is 572 g/mol. The van der Waals surface area contributed by atoms with Gasteiger partial charge in [0.25, 0.3) is 0 Å². The number of halogens is 2. The molecule has 36 heavy (non-hydrogen) atoms. The van der Waals surface area contributed by atoms with Gasteiger partial charge in [-0.25, -0.2) is 4.79 Å². The average Bonchev–Trinajstić information content (AvgIpc) is 2.87. The van der Waals surface area contributed by atoms with Crippen molar-refractivity contribution in [2.75, 3.05) is 13.1 Å². The molecule has 1 heterocycles. The Balaban J connectivity index is 0.00000361. The fourth-order valence-electron chi connectivity index (χ4n) is 3.99. The van der Waals surface area contributed by atoms with Crippen molar-refractivity contribution >= 4 is 40.5 Å². The molecule has 3 aromatic rings. The van der Waals surface area contributed by atoms with Gasteiger partial charge < -0.3 is 14.7 Å². The third-order valence-electron chi connectivity index (χ3n) is 6.13. The van der Waals surface area contributed by atoms with E-state index in [1.54, 1.807) is 12.1 Å². The molecule has 4 rings (SSSR count). The molecule has 1 unspecified atom stereocenters. The molecule has 3 aromatic carbocycles. The van der Waals surface area contributed by atoms with Crippen LogP contribution < -0.4 is 4.74 Å². The SMILES string of the molecule is CC(O/N=C\C1CCN(Cc2ccc(Oc3ccc(C(=O)O)cc3)cc2)CC1)c1ccc(Br)cc1.Cl. The van der Waals surface area contributed by atoms with Crippen molar-refractivity contribution in [3.63, 3.8) is 0 Å². The quantitative estimate of drug-likeness (QED) is 0.214. The molecule has 190 valence electrons. The molecule has 1 N–H and O–H groups in total. The van der Waals surface area contributed by atoms with Crippen molar-refractivity contribution in [3.8, 4) is 11.5 Å². The number of likely N-dealkylation sites (tertiary alicyclic amines) is 1. The zero-order valence-electron chi connectivity index (χ0n) is 20.0. The van der Waals surface area contributed by atoms with E-state index in [1.807, 2.05) is 49.5 Å². The van der Waals surface area contributed by atoms with Gasteiger partial charge in [-0.1, -0.05) is 45.4 Å². The number of carbonyl (C=O) groups is 1. The molecule has 0 saturated carbocycles. The van der Waals surface area contributed by atoms with Gasteiger partial charge >= 0.3 is 5.97 Å². The Morgan fingerprint density at radius 1 is 1.03 bits per heavy atom. The lowest BCUT2D eigenvalue weighted by Crippen LogP contribution is -2.33. The minimum atomic E-state index is -0.947. The predicted molar refractivity (Wildman–Crippen MR) is 147 cm³/mol. The molecular weight excluding hydrogens is 544 g/mol. The summed E-state index contributed by atoms with van der Waals surface area (Å²) in [6.07, 6.45) is 4.01. The summed E-state index contributed by atoms with van der Waals surface area (Å²) < 4.78 is 6.88. The van der Waals surface area contributed by atoms with Gasteiger partial charge in [0.05, 0.1) is 5.56 Å². The Kier molecular flexibility index (Phi) is 10.3.